The van der Waals surface area contributed by atoms with E-state index < -0.39 is 23.8 Å². The van der Waals surface area contributed by atoms with Crippen LogP contribution in [0.5, 0.6) is 0 Å². The van der Waals surface area contributed by atoms with Crippen molar-refractivity contribution in [3.05, 3.63) is 20.4 Å². The average Bonchev–Trinajstić information content (AvgIpc) is 2.48. The standard InChI is InChI=1S/C4H2NO2.3C4H9.Sn/c5-2-1-3(6)4(2)7;3*1-3-4-2;/h5H2;3*1,3-4H2,2H3;. The van der Waals surface area contributed by atoms with Gasteiger partial charge in [0.05, 0.1) is 0 Å². The van der Waals surface area contributed by atoms with Gasteiger partial charge in [0.25, 0.3) is 0 Å². The maximum atomic E-state index is 12.1. The van der Waals surface area contributed by atoms with Crippen molar-refractivity contribution in [3.8, 4) is 0 Å². The van der Waals surface area contributed by atoms with Crippen LogP contribution in [-0.4, -0.2) is 18.4 Å². The molecule has 1 rings (SSSR count). The Balaban J connectivity index is 3.13. The van der Waals surface area contributed by atoms with E-state index in [4.69, 9.17) is 5.73 Å². The summed E-state index contributed by atoms with van der Waals surface area (Å²) < 4.78 is 4.46. The van der Waals surface area contributed by atoms with Crippen LogP contribution in [0.1, 0.15) is 59.3 Å². The topological polar surface area (TPSA) is 60.2 Å². The molecule has 0 saturated heterocycles. The first-order chi connectivity index (χ1) is 9.54. The number of nitrogen functional groups attached to an aromatic ring is 1. The van der Waals surface area contributed by atoms with Crippen LogP contribution in [-0.2, 0) is 0 Å². The van der Waals surface area contributed by atoms with E-state index in [1.807, 2.05) is 0 Å². The second kappa shape index (κ2) is 8.20. The van der Waals surface area contributed by atoms with Gasteiger partial charge >= 0.3 is 126 Å². The summed E-state index contributed by atoms with van der Waals surface area (Å²) >= 11 is -2.74. The summed E-state index contributed by atoms with van der Waals surface area (Å²) in [5, 5.41) is 0. The van der Waals surface area contributed by atoms with Gasteiger partial charge in [0.15, 0.2) is 0 Å². The Kier molecular flexibility index (Phi) is 7.27. The predicted octanol–water partition coefficient (Wildman–Crippen LogP) is 2.92. The van der Waals surface area contributed by atoms with Gasteiger partial charge in [-0.3, -0.25) is 0 Å². The molecule has 0 aliphatic rings. The fourth-order valence-electron chi connectivity index (χ4n) is 3.23. The van der Waals surface area contributed by atoms with Crippen LogP contribution < -0.4 is 20.2 Å². The van der Waals surface area contributed by atoms with Gasteiger partial charge in [0, 0.05) is 0 Å². The summed E-state index contributed by atoms with van der Waals surface area (Å²) in [5.41, 5.74) is 5.63. The molecule has 1 aromatic carbocycles. The van der Waals surface area contributed by atoms with Crippen LogP contribution in [0.4, 0.5) is 5.69 Å². The minimum absolute atomic E-state index is 0.221. The average molecular weight is 386 g/mol. The summed E-state index contributed by atoms with van der Waals surface area (Å²) in [5.74, 6) is 0. The van der Waals surface area contributed by atoms with Crippen LogP contribution >= 0.6 is 0 Å². The Morgan fingerprint density at radius 1 is 0.800 bits per heavy atom. The molecule has 0 bridgehead atoms. The first-order valence-electron chi connectivity index (χ1n) is 8.13. The van der Waals surface area contributed by atoms with E-state index in [0.29, 0.717) is 5.69 Å². The normalized spacial score (nSPS) is 12.2. The van der Waals surface area contributed by atoms with Crippen molar-refractivity contribution in [2.75, 3.05) is 5.73 Å². The fraction of sp³-hybridized carbons (Fsp3) is 0.750. The molecule has 4 heteroatoms. The molecule has 2 N–H and O–H groups in total. The molecule has 20 heavy (non-hydrogen) atoms. The predicted molar refractivity (Wildman–Crippen MR) is 90.3 cm³/mol. The molecule has 1 aromatic rings. The number of hydrogen-bond donors (Lipinski definition) is 1. The zero-order chi connectivity index (χ0) is 15.2. The molecule has 0 saturated carbocycles. The molecule has 0 heterocycles. The Hall–Kier alpha value is -0.321. The summed E-state index contributed by atoms with van der Waals surface area (Å²) in [4.78, 5) is 23.6. The van der Waals surface area contributed by atoms with E-state index in [2.05, 4.69) is 20.8 Å². The zero-order valence-corrected chi connectivity index (χ0v) is 16.1. The Labute approximate surface area is 126 Å². The molecule has 0 aliphatic heterocycles. The number of rotatable bonds is 10. The SMILES string of the molecule is CCC[CH2][Sn]([CH2]CCC)([CH2]CCC)[c]1c(N)c(=O)c1=O. The number of nitrogens with two attached hydrogens (primary N) is 1. The molecular weight excluding hydrogens is 357 g/mol. The van der Waals surface area contributed by atoms with Crippen LogP contribution in [0.3, 0.4) is 0 Å². The molecule has 0 fully saturated rings. The van der Waals surface area contributed by atoms with E-state index in [9.17, 15) is 9.59 Å². The van der Waals surface area contributed by atoms with Crippen molar-refractivity contribution >= 4 is 27.6 Å². The van der Waals surface area contributed by atoms with Gasteiger partial charge in [0.1, 0.15) is 0 Å². The first kappa shape index (κ1) is 17.7. The van der Waals surface area contributed by atoms with Crippen molar-refractivity contribution in [2.24, 2.45) is 0 Å². The van der Waals surface area contributed by atoms with Gasteiger partial charge in [-0.1, -0.05) is 0 Å². The van der Waals surface area contributed by atoms with Gasteiger partial charge in [0.2, 0.25) is 0 Å². The zero-order valence-electron chi connectivity index (χ0n) is 13.3. The molecule has 0 aliphatic carbocycles. The van der Waals surface area contributed by atoms with E-state index in [0.717, 1.165) is 22.8 Å². The van der Waals surface area contributed by atoms with Crippen molar-refractivity contribution in [2.45, 2.75) is 72.6 Å². The summed E-state index contributed by atoms with van der Waals surface area (Å²) in [6.45, 7) is 6.59. The van der Waals surface area contributed by atoms with E-state index >= 15 is 0 Å². The van der Waals surface area contributed by atoms with E-state index in [1.165, 1.54) is 32.6 Å². The number of anilines is 1. The quantitative estimate of drug-likeness (QED) is 0.497. The third kappa shape index (κ3) is 3.66. The molecule has 0 amide bonds. The number of unbranched alkanes of at least 4 members (excludes halogenated alkanes) is 3. The van der Waals surface area contributed by atoms with Crippen molar-refractivity contribution in [1.29, 1.82) is 0 Å². The van der Waals surface area contributed by atoms with E-state index in [1.54, 1.807) is 0 Å². The second-order valence-corrected chi connectivity index (χ2v) is 19.1. The molecule has 3 nitrogen and oxygen atoms in total. The number of hydrogen-bond acceptors (Lipinski definition) is 3. The maximum absolute atomic E-state index is 12.1. The van der Waals surface area contributed by atoms with Crippen molar-refractivity contribution in [1.82, 2.24) is 0 Å². The van der Waals surface area contributed by atoms with Gasteiger partial charge in [-0.2, -0.15) is 0 Å². The summed E-state index contributed by atoms with van der Waals surface area (Å²) in [6, 6.07) is 0. The van der Waals surface area contributed by atoms with Crippen LogP contribution in [0, 0.1) is 0 Å². The van der Waals surface area contributed by atoms with Gasteiger partial charge in [-0.05, 0) is 0 Å². The minimum atomic E-state index is -2.74. The Bertz CT molecular complexity index is 467. The third-order valence-electron chi connectivity index (χ3n) is 4.50. The molecule has 0 spiro atoms. The summed E-state index contributed by atoms with van der Waals surface area (Å²) in [6.07, 6.45) is 7.02. The first-order valence-corrected chi connectivity index (χ1v) is 15.6. The molecule has 114 valence electrons. The van der Waals surface area contributed by atoms with Crippen molar-refractivity contribution < 1.29 is 0 Å². The van der Waals surface area contributed by atoms with Crippen LogP contribution in [0.25, 0.3) is 0 Å². The Morgan fingerprint density at radius 3 is 1.50 bits per heavy atom. The monoisotopic (exact) mass is 387 g/mol. The molecular formula is C16H29NO2Sn. The van der Waals surface area contributed by atoms with Crippen molar-refractivity contribution in [3.63, 3.8) is 0 Å². The summed E-state index contributed by atoms with van der Waals surface area (Å²) in [7, 11) is 0. The van der Waals surface area contributed by atoms with Crippen LogP contribution in [0.2, 0.25) is 13.3 Å². The molecule has 0 unspecified atom stereocenters. The molecule has 0 radical (unpaired) electrons. The Morgan fingerprint density at radius 2 is 1.20 bits per heavy atom. The second-order valence-electron chi connectivity index (χ2n) is 6.04. The van der Waals surface area contributed by atoms with Crippen LogP contribution in [0.15, 0.2) is 9.59 Å². The van der Waals surface area contributed by atoms with Gasteiger partial charge in [-0.25, -0.2) is 0 Å². The molecule has 0 atom stereocenters. The third-order valence-corrected chi connectivity index (χ3v) is 20.2. The fourth-order valence-corrected chi connectivity index (χ4v) is 20.0. The molecule has 0 aromatic heterocycles. The van der Waals surface area contributed by atoms with Gasteiger partial charge in [-0.15, -0.1) is 0 Å². The van der Waals surface area contributed by atoms with Gasteiger partial charge < -0.3 is 0 Å². The van der Waals surface area contributed by atoms with E-state index in [-0.39, 0.29) is 5.43 Å².